The molecule has 1 aliphatic heterocycles. The average Bonchev–Trinajstić information content (AvgIpc) is 3.22. The fourth-order valence-electron chi connectivity index (χ4n) is 3.23. The topological polar surface area (TPSA) is 87.9 Å². The van der Waals surface area contributed by atoms with Gasteiger partial charge in [-0.2, -0.15) is 5.10 Å². The highest BCUT2D eigenvalue weighted by Gasteiger charge is 2.31. The van der Waals surface area contributed by atoms with Crippen molar-refractivity contribution in [3.05, 3.63) is 52.7 Å². The number of H-pyrrole nitrogens is 1. The molecule has 0 spiro atoms. The van der Waals surface area contributed by atoms with Crippen LogP contribution in [0.5, 0.6) is 0 Å². The second-order valence-electron chi connectivity index (χ2n) is 5.91. The minimum absolute atomic E-state index is 0.0500. The molecule has 122 valence electrons. The van der Waals surface area contributed by atoms with E-state index in [-0.39, 0.29) is 11.9 Å². The summed E-state index contributed by atoms with van der Waals surface area (Å²) in [6.07, 6.45) is 1.90. The molecule has 3 heterocycles. The number of pyridine rings is 1. The van der Waals surface area contributed by atoms with E-state index in [9.17, 15) is 4.79 Å². The molecule has 0 unspecified atom stereocenters. The summed E-state index contributed by atoms with van der Waals surface area (Å²) < 4.78 is 0. The van der Waals surface area contributed by atoms with Gasteiger partial charge in [0, 0.05) is 11.6 Å². The van der Waals surface area contributed by atoms with Gasteiger partial charge in [0.25, 0.3) is 5.91 Å². The predicted molar refractivity (Wildman–Crippen MR) is 92.8 cm³/mol. The number of carbonyl (C=O) groups excluding carboxylic acids is 1. The Morgan fingerprint density at radius 2 is 2.04 bits per heavy atom. The molecule has 7 heteroatoms. The lowest BCUT2D eigenvalue weighted by Crippen LogP contribution is -2.31. The summed E-state index contributed by atoms with van der Waals surface area (Å²) in [5.41, 5.74) is 8.52. The summed E-state index contributed by atoms with van der Waals surface area (Å²) in [7, 11) is 0. The number of amides is 1. The molecule has 2 aromatic heterocycles. The number of nitrogens with two attached hydrogens (primary N) is 1. The van der Waals surface area contributed by atoms with Gasteiger partial charge in [0.1, 0.15) is 11.2 Å². The highest BCUT2D eigenvalue weighted by molar-refractivity contribution is 6.30. The van der Waals surface area contributed by atoms with Crippen LogP contribution in [0.3, 0.4) is 0 Å². The van der Waals surface area contributed by atoms with Gasteiger partial charge >= 0.3 is 0 Å². The van der Waals surface area contributed by atoms with Crippen molar-refractivity contribution in [1.82, 2.24) is 20.1 Å². The number of hydrogen-bond acceptors (Lipinski definition) is 4. The molecular formula is C17H16ClN5O. The van der Waals surface area contributed by atoms with Crippen LogP contribution in [0.25, 0.3) is 11.0 Å². The maximum Gasteiger partial charge on any atom is 0.272 e. The quantitative estimate of drug-likeness (QED) is 0.749. The van der Waals surface area contributed by atoms with Gasteiger partial charge in [-0.1, -0.05) is 23.7 Å². The number of carbonyl (C=O) groups is 1. The van der Waals surface area contributed by atoms with Crippen LogP contribution in [0.1, 0.15) is 34.9 Å². The lowest BCUT2D eigenvalue weighted by Gasteiger charge is -2.25. The van der Waals surface area contributed by atoms with Gasteiger partial charge in [-0.25, -0.2) is 4.98 Å². The lowest BCUT2D eigenvalue weighted by atomic mass is 10.0. The van der Waals surface area contributed by atoms with E-state index in [4.69, 9.17) is 17.3 Å². The van der Waals surface area contributed by atoms with E-state index in [1.165, 1.54) is 0 Å². The first-order valence-corrected chi connectivity index (χ1v) is 8.18. The summed E-state index contributed by atoms with van der Waals surface area (Å²) in [5, 5.41) is 7.40. The van der Waals surface area contributed by atoms with Crippen molar-refractivity contribution < 1.29 is 4.79 Å². The molecule has 1 aliphatic rings. The number of benzene rings is 1. The highest BCUT2D eigenvalue weighted by atomic mass is 35.5. The van der Waals surface area contributed by atoms with Crippen molar-refractivity contribution in [2.24, 2.45) is 0 Å². The van der Waals surface area contributed by atoms with Crippen molar-refractivity contribution in [2.75, 3.05) is 12.3 Å². The van der Waals surface area contributed by atoms with Crippen LogP contribution in [-0.4, -0.2) is 32.5 Å². The number of nitrogens with zero attached hydrogens (tertiary/aromatic N) is 3. The number of aromatic nitrogens is 3. The minimum Gasteiger partial charge on any atom is -0.380 e. The third-order valence-electron chi connectivity index (χ3n) is 4.42. The fraction of sp³-hybridized carbons (Fsp3) is 0.235. The van der Waals surface area contributed by atoms with E-state index in [1.807, 2.05) is 29.2 Å². The fourth-order valence-corrected chi connectivity index (χ4v) is 3.35. The Kier molecular flexibility index (Phi) is 3.61. The summed E-state index contributed by atoms with van der Waals surface area (Å²) in [6.45, 7) is 0.715. The molecule has 1 aromatic carbocycles. The molecule has 3 aromatic rings. The zero-order chi connectivity index (χ0) is 16.7. The molecule has 1 atom stereocenters. The molecule has 0 aliphatic carbocycles. The Morgan fingerprint density at radius 1 is 1.25 bits per heavy atom. The number of halogens is 1. The predicted octanol–water partition coefficient (Wildman–Crippen LogP) is 3.17. The summed E-state index contributed by atoms with van der Waals surface area (Å²) in [5.74, 6) is 0.213. The molecule has 3 N–H and O–H groups in total. The van der Waals surface area contributed by atoms with Gasteiger partial charge < -0.3 is 10.6 Å². The van der Waals surface area contributed by atoms with Crippen LogP contribution in [0.2, 0.25) is 5.02 Å². The Hall–Kier alpha value is -2.60. The van der Waals surface area contributed by atoms with E-state index in [0.717, 1.165) is 23.9 Å². The highest BCUT2D eigenvalue weighted by Crippen LogP contribution is 2.33. The van der Waals surface area contributed by atoms with Crippen LogP contribution in [0.15, 0.2) is 36.4 Å². The largest absolute Gasteiger partial charge is 0.380 e. The third-order valence-corrected chi connectivity index (χ3v) is 4.67. The first-order valence-electron chi connectivity index (χ1n) is 7.80. The first kappa shape index (κ1) is 15.0. The number of anilines is 1. The molecule has 4 rings (SSSR count). The van der Waals surface area contributed by atoms with Crippen LogP contribution >= 0.6 is 11.6 Å². The number of nitrogens with one attached hydrogen (secondary N) is 1. The van der Waals surface area contributed by atoms with Gasteiger partial charge in [-0.15, -0.1) is 0 Å². The van der Waals surface area contributed by atoms with Crippen molar-refractivity contribution in [1.29, 1.82) is 0 Å². The monoisotopic (exact) mass is 341 g/mol. The smallest absolute Gasteiger partial charge is 0.272 e. The second kappa shape index (κ2) is 5.79. The van der Waals surface area contributed by atoms with Gasteiger partial charge in [0.15, 0.2) is 5.82 Å². The van der Waals surface area contributed by atoms with Crippen molar-refractivity contribution >= 4 is 34.4 Å². The number of rotatable bonds is 2. The number of nitrogen functional groups attached to an aromatic ring is 1. The summed E-state index contributed by atoms with van der Waals surface area (Å²) in [6, 6.07) is 11.2. The Bertz CT molecular complexity index is 905. The normalized spacial score (nSPS) is 17.5. The van der Waals surface area contributed by atoms with Gasteiger partial charge in [0.2, 0.25) is 0 Å². The van der Waals surface area contributed by atoms with Crippen LogP contribution in [0, 0.1) is 0 Å². The summed E-state index contributed by atoms with van der Waals surface area (Å²) in [4.78, 5) is 19.2. The number of likely N-dealkylation sites (tertiary alicyclic amines) is 1. The van der Waals surface area contributed by atoms with Crippen molar-refractivity contribution in [3.8, 4) is 0 Å². The van der Waals surface area contributed by atoms with E-state index < -0.39 is 0 Å². The van der Waals surface area contributed by atoms with E-state index in [0.29, 0.717) is 28.6 Å². The standard InChI is InChI=1S/C17H16ClN5O/c18-11-5-3-10(4-6-11)14-2-1-9-23(14)17(24)13-8-7-12-15(20-13)16(19)22-21-12/h3-8,14H,1-2,9H2,(H3,19,21,22)/t14-/m1/s1. The maximum atomic E-state index is 12.9. The number of hydrogen-bond donors (Lipinski definition) is 2. The van der Waals surface area contributed by atoms with Crippen LogP contribution in [0.4, 0.5) is 5.82 Å². The Balaban J connectivity index is 1.66. The molecule has 1 fully saturated rings. The first-order chi connectivity index (χ1) is 11.6. The third kappa shape index (κ3) is 2.49. The molecule has 0 saturated carbocycles. The SMILES string of the molecule is Nc1n[nH]c2ccc(C(=O)N3CCC[C@@H]3c3ccc(Cl)cc3)nc12. The summed E-state index contributed by atoms with van der Waals surface area (Å²) >= 11 is 5.96. The van der Waals surface area contributed by atoms with E-state index >= 15 is 0 Å². The zero-order valence-electron chi connectivity index (χ0n) is 12.9. The second-order valence-corrected chi connectivity index (χ2v) is 6.35. The molecule has 6 nitrogen and oxygen atoms in total. The Labute approximate surface area is 143 Å². The zero-order valence-corrected chi connectivity index (χ0v) is 13.6. The maximum absolute atomic E-state index is 12.9. The average molecular weight is 342 g/mol. The lowest BCUT2D eigenvalue weighted by molar-refractivity contribution is 0.0730. The molecule has 1 amide bonds. The molecule has 0 bridgehead atoms. The minimum atomic E-state index is -0.0880. The van der Waals surface area contributed by atoms with Gasteiger partial charge in [-0.05, 0) is 42.7 Å². The van der Waals surface area contributed by atoms with E-state index in [1.54, 1.807) is 12.1 Å². The van der Waals surface area contributed by atoms with Gasteiger partial charge in [0.05, 0.1) is 11.6 Å². The Morgan fingerprint density at radius 3 is 2.83 bits per heavy atom. The molecule has 0 radical (unpaired) electrons. The van der Waals surface area contributed by atoms with Crippen LogP contribution in [-0.2, 0) is 0 Å². The number of fused-ring (bicyclic) bond motifs is 1. The molecule has 24 heavy (non-hydrogen) atoms. The van der Waals surface area contributed by atoms with Crippen molar-refractivity contribution in [3.63, 3.8) is 0 Å². The van der Waals surface area contributed by atoms with Crippen LogP contribution < -0.4 is 5.73 Å². The van der Waals surface area contributed by atoms with Crippen molar-refractivity contribution in [2.45, 2.75) is 18.9 Å². The van der Waals surface area contributed by atoms with E-state index in [2.05, 4.69) is 15.2 Å². The van der Waals surface area contributed by atoms with Gasteiger partial charge in [-0.3, -0.25) is 9.89 Å². The molecular weight excluding hydrogens is 326 g/mol. The number of aromatic amines is 1. The molecule has 1 saturated heterocycles.